The van der Waals surface area contributed by atoms with Crippen LogP contribution in [-0.2, 0) is 16.0 Å². The largest absolute Gasteiger partial charge is 0.493 e. The highest BCUT2D eigenvalue weighted by Crippen LogP contribution is 2.32. The van der Waals surface area contributed by atoms with E-state index >= 15 is 0 Å². The number of piperidine rings is 1. The molecule has 0 aliphatic carbocycles. The summed E-state index contributed by atoms with van der Waals surface area (Å²) in [6.07, 6.45) is 3.45. The van der Waals surface area contributed by atoms with Gasteiger partial charge in [0.1, 0.15) is 5.82 Å². The zero-order valence-corrected chi connectivity index (χ0v) is 16.3. The van der Waals surface area contributed by atoms with Gasteiger partial charge in [-0.15, -0.1) is 0 Å². The second kappa shape index (κ2) is 8.20. The Labute approximate surface area is 164 Å². The zero-order valence-electron chi connectivity index (χ0n) is 16.3. The molecule has 28 heavy (non-hydrogen) atoms. The third-order valence-electron chi connectivity index (χ3n) is 5.19. The molecule has 4 rings (SSSR count). The number of aromatic nitrogens is 2. The van der Waals surface area contributed by atoms with Crippen LogP contribution < -0.4 is 19.7 Å². The number of hydrogen-bond acceptors (Lipinski definition) is 8. The van der Waals surface area contributed by atoms with Crippen molar-refractivity contribution in [3.05, 3.63) is 36.0 Å². The van der Waals surface area contributed by atoms with Gasteiger partial charge in [0.25, 0.3) is 0 Å². The molecule has 2 saturated heterocycles. The van der Waals surface area contributed by atoms with Gasteiger partial charge in [0, 0.05) is 38.7 Å². The number of methoxy groups -OCH3 is 2. The molecule has 1 aromatic heterocycles. The molecule has 2 fully saturated rings. The van der Waals surface area contributed by atoms with Crippen LogP contribution in [0.2, 0.25) is 0 Å². The number of benzene rings is 1. The van der Waals surface area contributed by atoms with E-state index in [4.69, 9.17) is 18.9 Å². The van der Waals surface area contributed by atoms with E-state index in [9.17, 15) is 0 Å². The van der Waals surface area contributed by atoms with E-state index < -0.39 is 0 Å². The predicted molar refractivity (Wildman–Crippen MR) is 105 cm³/mol. The molecule has 8 heteroatoms. The van der Waals surface area contributed by atoms with Gasteiger partial charge in [-0.05, 0) is 23.8 Å². The SMILES string of the molecule is COc1ccc(CNc2ccnc(N3CCC4(CC3)OCCO4)n2)cc1OC. The molecule has 0 atom stereocenters. The topological polar surface area (TPSA) is 78.0 Å². The fraction of sp³-hybridized carbons (Fsp3) is 0.500. The molecule has 1 spiro atoms. The normalized spacial score (nSPS) is 18.3. The molecule has 0 radical (unpaired) electrons. The van der Waals surface area contributed by atoms with Gasteiger partial charge in [0.05, 0.1) is 27.4 Å². The standard InChI is InChI=1S/C20H26N4O4/c1-25-16-4-3-15(13-17(16)26-2)14-22-18-5-8-21-19(23-18)24-9-6-20(7-10-24)27-11-12-28-20/h3-5,8,13H,6-7,9-12,14H2,1-2H3,(H,21,22,23). The number of hydrogen-bond donors (Lipinski definition) is 1. The van der Waals surface area contributed by atoms with Crippen LogP contribution in [0.4, 0.5) is 11.8 Å². The van der Waals surface area contributed by atoms with Gasteiger partial charge in [-0.25, -0.2) is 4.98 Å². The van der Waals surface area contributed by atoms with Crippen LogP contribution >= 0.6 is 0 Å². The highest BCUT2D eigenvalue weighted by Gasteiger charge is 2.40. The van der Waals surface area contributed by atoms with E-state index in [2.05, 4.69) is 20.2 Å². The van der Waals surface area contributed by atoms with Gasteiger partial charge < -0.3 is 29.2 Å². The van der Waals surface area contributed by atoms with E-state index in [1.807, 2.05) is 24.3 Å². The Morgan fingerprint density at radius 2 is 1.82 bits per heavy atom. The zero-order chi connectivity index (χ0) is 19.4. The molecule has 1 N–H and O–H groups in total. The summed E-state index contributed by atoms with van der Waals surface area (Å²) in [5.74, 6) is 2.55. The molecular formula is C20H26N4O4. The summed E-state index contributed by atoms with van der Waals surface area (Å²) in [4.78, 5) is 11.3. The van der Waals surface area contributed by atoms with Crippen molar-refractivity contribution in [3.8, 4) is 11.5 Å². The van der Waals surface area contributed by atoms with Crippen LogP contribution in [0, 0.1) is 0 Å². The first-order valence-electron chi connectivity index (χ1n) is 9.52. The van der Waals surface area contributed by atoms with Crippen LogP contribution in [0.25, 0.3) is 0 Å². The molecule has 2 aromatic rings. The van der Waals surface area contributed by atoms with E-state index in [0.29, 0.717) is 31.3 Å². The highest BCUT2D eigenvalue weighted by atomic mass is 16.7. The molecule has 2 aliphatic rings. The van der Waals surface area contributed by atoms with E-state index in [-0.39, 0.29) is 5.79 Å². The quantitative estimate of drug-likeness (QED) is 0.811. The molecular weight excluding hydrogens is 360 g/mol. The van der Waals surface area contributed by atoms with Gasteiger partial charge in [-0.2, -0.15) is 4.98 Å². The molecule has 2 aliphatic heterocycles. The Balaban J connectivity index is 1.38. The Kier molecular flexibility index (Phi) is 5.50. The predicted octanol–water partition coefficient (Wildman–Crippen LogP) is 2.45. The molecule has 0 unspecified atom stereocenters. The number of ether oxygens (including phenoxy) is 4. The van der Waals surface area contributed by atoms with Crippen LogP contribution in [0.3, 0.4) is 0 Å². The smallest absolute Gasteiger partial charge is 0.227 e. The fourth-order valence-electron chi connectivity index (χ4n) is 3.62. The van der Waals surface area contributed by atoms with Crippen molar-refractivity contribution in [1.29, 1.82) is 0 Å². The van der Waals surface area contributed by atoms with Crippen molar-refractivity contribution in [3.63, 3.8) is 0 Å². The van der Waals surface area contributed by atoms with Gasteiger partial charge in [0.2, 0.25) is 5.95 Å². The Bertz CT molecular complexity index is 801. The summed E-state index contributed by atoms with van der Waals surface area (Å²) in [5, 5.41) is 3.35. The van der Waals surface area contributed by atoms with Gasteiger partial charge in [-0.3, -0.25) is 0 Å². The number of nitrogens with zero attached hydrogens (tertiary/aromatic N) is 3. The summed E-state index contributed by atoms with van der Waals surface area (Å²) in [5.41, 5.74) is 1.08. The van der Waals surface area contributed by atoms with Crippen LogP contribution in [0.5, 0.6) is 11.5 Å². The van der Waals surface area contributed by atoms with Crippen molar-refractivity contribution >= 4 is 11.8 Å². The van der Waals surface area contributed by atoms with Gasteiger partial charge in [0.15, 0.2) is 17.3 Å². The lowest BCUT2D eigenvalue weighted by Gasteiger charge is -2.37. The first kappa shape index (κ1) is 18.8. The second-order valence-corrected chi connectivity index (χ2v) is 6.88. The van der Waals surface area contributed by atoms with Crippen molar-refractivity contribution in [1.82, 2.24) is 9.97 Å². The maximum Gasteiger partial charge on any atom is 0.227 e. The summed E-state index contributed by atoms with van der Waals surface area (Å²) in [7, 11) is 3.27. The fourth-order valence-corrected chi connectivity index (χ4v) is 3.62. The maximum atomic E-state index is 5.79. The second-order valence-electron chi connectivity index (χ2n) is 6.88. The maximum absolute atomic E-state index is 5.79. The molecule has 8 nitrogen and oxygen atoms in total. The average molecular weight is 386 g/mol. The summed E-state index contributed by atoms with van der Waals surface area (Å²) < 4.78 is 22.2. The van der Waals surface area contributed by atoms with Crippen molar-refractivity contribution in [2.45, 2.75) is 25.2 Å². The van der Waals surface area contributed by atoms with E-state index in [1.165, 1.54) is 0 Å². The Hall–Kier alpha value is -2.58. The Morgan fingerprint density at radius 1 is 1.07 bits per heavy atom. The summed E-state index contributed by atoms with van der Waals surface area (Å²) in [6, 6.07) is 7.73. The Morgan fingerprint density at radius 3 is 2.54 bits per heavy atom. The third-order valence-corrected chi connectivity index (χ3v) is 5.19. The molecule has 150 valence electrons. The molecule has 3 heterocycles. The number of rotatable bonds is 6. The monoisotopic (exact) mass is 386 g/mol. The first-order chi connectivity index (χ1) is 13.7. The molecule has 0 bridgehead atoms. The van der Waals surface area contributed by atoms with E-state index in [0.717, 1.165) is 43.3 Å². The minimum Gasteiger partial charge on any atom is -0.493 e. The molecule has 0 amide bonds. The van der Waals surface area contributed by atoms with Crippen LogP contribution in [0.1, 0.15) is 18.4 Å². The lowest BCUT2D eigenvalue weighted by molar-refractivity contribution is -0.169. The minimum absolute atomic E-state index is 0.389. The van der Waals surface area contributed by atoms with Gasteiger partial charge in [-0.1, -0.05) is 6.07 Å². The molecule has 1 aromatic carbocycles. The number of nitrogens with one attached hydrogen (secondary N) is 1. The van der Waals surface area contributed by atoms with Crippen molar-refractivity contribution < 1.29 is 18.9 Å². The van der Waals surface area contributed by atoms with Gasteiger partial charge >= 0.3 is 0 Å². The summed E-state index contributed by atoms with van der Waals surface area (Å²) in [6.45, 7) is 3.64. The van der Waals surface area contributed by atoms with Crippen molar-refractivity contribution in [2.75, 3.05) is 50.7 Å². The van der Waals surface area contributed by atoms with Crippen LogP contribution in [-0.4, -0.2) is 56.3 Å². The minimum atomic E-state index is -0.389. The lowest BCUT2D eigenvalue weighted by atomic mass is 10.0. The van der Waals surface area contributed by atoms with E-state index in [1.54, 1.807) is 20.4 Å². The number of anilines is 2. The first-order valence-corrected chi connectivity index (χ1v) is 9.52. The molecule has 0 saturated carbocycles. The summed E-state index contributed by atoms with van der Waals surface area (Å²) >= 11 is 0. The third kappa shape index (κ3) is 3.98. The lowest BCUT2D eigenvalue weighted by Crippen LogP contribution is -2.45. The highest BCUT2D eigenvalue weighted by molar-refractivity contribution is 5.45. The van der Waals surface area contributed by atoms with Crippen molar-refractivity contribution in [2.24, 2.45) is 0 Å². The van der Waals surface area contributed by atoms with Crippen LogP contribution in [0.15, 0.2) is 30.5 Å². The average Bonchev–Trinajstić information content (AvgIpc) is 3.20.